The minimum atomic E-state index is -4.14. The normalized spacial score (nSPS) is 12.6. The third kappa shape index (κ3) is 4.38. The van der Waals surface area contributed by atoms with Gasteiger partial charge in [0.1, 0.15) is 23.0 Å². The van der Waals surface area contributed by atoms with Crippen molar-refractivity contribution in [3.63, 3.8) is 0 Å². The minimum absolute atomic E-state index is 0.0375. The van der Waals surface area contributed by atoms with Gasteiger partial charge in [0, 0.05) is 11.8 Å². The van der Waals surface area contributed by atoms with Gasteiger partial charge < -0.3 is 11.1 Å². The number of hydrogen-bond donors (Lipinski definition) is 2. The Morgan fingerprint density at radius 3 is 2.50 bits per heavy atom. The fraction of sp³-hybridized carbons (Fsp3) is 0.136. The number of carbonyl (C=O) groups is 1. The second kappa shape index (κ2) is 8.69. The lowest BCUT2D eigenvalue weighted by molar-refractivity contribution is -0.0701. The molecule has 0 aliphatic carbocycles. The second-order valence-corrected chi connectivity index (χ2v) is 7.33. The molecule has 0 fully saturated rings. The molecule has 1 atom stereocenters. The molecule has 0 spiro atoms. The molecule has 2 aromatic carbocycles. The zero-order valence-corrected chi connectivity index (χ0v) is 17.1. The summed E-state index contributed by atoms with van der Waals surface area (Å²) in [7, 11) is 0. The number of carbonyl (C=O) groups excluding carboxylic acids is 1. The first-order valence-corrected chi connectivity index (χ1v) is 9.72. The summed E-state index contributed by atoms with van der Waals surface area (Å²) in [4.78, 5) is 16.3. The molecule has 0 radical (unpaired) electrons. The molecule has 3 N–H and O–H groups in total. The van der Waals surface area contributed by atoms with Crippen molar-refractivity contribution in [2.45, 2.75) is 12.1 Å². The van der Waals surface area contributed by atoms with Crippen molar-refractivity contribution < 1.29 is 31.1 Å². The molecule has 0 aliphatic heterocycles. The Hall–Kier alpha value is -4.09. The number of alkyl halides is 3. The summed E-state index contributed by atoms with van der Waals surface area (Å²) in [6.07, 6.45) is -1.48. The topological polar surface area (TPSA) is 85.3 Å². The maximum atomic E-state index is 15.1. The Balaban J connectivity index is 1.57. The van der Waals surface area contributed by atoms with E-state index in [-0.39, 0.29) is 22.7 Å². The number of nitrogens with two attached hydrogens (primary N) is 1. The molecule has 4 aromatic rings. The van der Waals surface area contributed by atoms with Crippen LogP contribution in [0.15, 0.2) is 54.7 Å². The molecule has 176 valence electrons. The molecule has 6 nitrogen and oxygen atoms in total. The molecule has 4 rings (SSSR count). The van der Waals surface area contributed by atoms with Crippen LogP contribution >= 0.6 is 0 Å². The standard InChI is InChI=1S/C22H15F6N5O/c23-13-3-1-11(2-4-13)19(26)22(27,28)10-30-20(34)17-15(24)6-5-14(18(17)25)12-7-8-33-16(9-12)31-21(29)32-33/h1-9,19H,10H2,(H2,29,32)(H,30,34)/t19-/m0/s1. The van der Waals surface area contributed by atoms with Crippen LogP contribution in [0.25, 0.3) is 16.8 Å². The molecular weight excluding hydrogens is 464 g/mol. The van der Waals surface area contributed by atoms with E-state index in [2.05, 4.69) is 10.1 Å². The van der Waals surface area contributed by atoms with E-state index in [1.807, 2.05) is 0 Å². The van der Waals surface area contributed by atoms with Crippen molar-refractivity contribution in [2.75, 3.05) is 12.3 Å². The molecule has 0 saturated carbocycles. The molecule has 0 aliphatic rings. The molecule has 34 heavy (non-hydrogen) atoms. The van der Waals surface area contributed by atoms with Gasteiger partial charge in [0.2, 0.25) is 5.95 Å². The van der Waals surface area contributed by atoms with Crippen LogP contribution < -0.4 is 11.1 Å². The van der Waals surface area contributed by atoms with Gasteiger partial charge in [0.15, 0.2) is 11.8 Å². The maximum absolute atomic E-state index is 15.1. The monoisotopic (exact) mass is 479 g/mol. The molecule has 2 aromatic heterocycles. The van der Waals surface area contributed by atoms with E-state index in [0.29, 0.717) is 0 Å². The Morgan fingerprint density at radius 1 is 1.09 bits per heavy atom. The highest BCUT2D eigenvalue weighted by Crippen LogP contribution is 2.35. The summed E-state index contributed by atoms with van der Waals surface area (Å²) in [6, 6.07) is 7.92. The predicted octanol–water partition coefficient (Wildman–Crippen LogP) is 4.47. The van der Waals surface area contributed by atoms with E-state index in [1.165, 1.54) is 22.8 Å². The van der Waals surface area contributed by atoms with Crippen molar-refractivity contribution in [1.82, 2.24) is 19.9 Å². The predicted molar refractivity (Wildman–Crippen MR) is 110 cm³/mol. The third-order valence-electron chi connectivity index (χ3n) is 5.00. The van der Waals surface area contributed by atoms with Crippen molar-refractivity contribution in [3.05, 3.63) is 83.3 Å². The third-order valence-corrected chi connectivity index (χ3v) is 5.00. The van der Waals surface area contributed by atoms with Crippen molar-refractivity contribution in [3.8, 4) is 11.1 Å². The zero-order valence-electron chi connectivity index (χ0n) is 17.1. The molecular formula is C22H15F6N5O. The molecule has 0 bridgehead atoms. The van der Waals surface area contributed by atoms with E-state index < -0.39 is 53.1 Å². The second-order valence-electron chi connectivity index (χ2n) is 7.33. The highest BCUT2D eigenvalue weighted by Gasteiger charge is 2.42. The quantitative estimate of drug-likeness (QED) is 0.400. The summed E-state index contributed by atoms with van der Waals surface area (Å²) in [5.41, 5.74) is 4.09. The largest absolute Gasteiger partial charge is 0.366 e. The van der Waals surface area contributed by atoms with Gasteiger partial charge in [-0.1, -0.05) is 12.1 Å². The SMILES string of the molecule is Nc1nc2cc(-c3ccc(F)c(C(=O)NCC(F)(F)[C@@H](F)c4ccc(F)cc4)c3F)ccn2n1. The van der Waals surface area contributed by atoms with Crippen molar-refractivity contribution in [2.24, 2.45) is 0 Å². The lowest BCUT2D eigenvalue weighted by Crippen LogP contribution is -2.40. The van der Waals surface area contributed by atoms with E-state index in [9.17, 15) is 26.7 Å². The van der Waals surface area contributed by atoms with Crippen molar-refractivity contribution in [1.29, 1.82) is 0 Å². The van der Waals surface area contributed by atoms with Crippen LogP contribution in [0.1, 0.15) is 22.1 Å². The van der Waals surface area contributed by atoms with Crippen LogP contribution in [0.5, 0.6) is 0 Å². The van der Waals surface area contributed by atoms with Crippen LogP contribution in [0.4, 0.5) is 32.3 Å². The molecule has 2 heterocycles. The van der Waals surface area contributed by atoms with Gasteiger partial charge in [0.25, 0.3) is 11.8 Å². The number of pyridine rings is 1. The van der Waals surface area contributed by atoms with Gasteiger partial charge >= 0.3 is 0 Å². The lowest BCUT2D eigenvalue weighted by atomic mass is 10.0. The number of benzene rings is 2. The Kier molecular flexibility index (Phi) is 5.90. The molecule has 0 unspecified atom stereocenters. The fourth-order valence-corrected chi connectivity index (χ4v) is 3.30. The van der Waals surface area contributed by atoms with Gasteiger partial charge in [-0.25, -0.2) is 30.9 Å². The molecule has 0 saturated heterocycles. The Morgan fingerprint density at radius 2 is 1.79 bits per heavy atom. The number of aromatic nitrogens is 3. The molecule has 1 amide bonds. The number of nitrogen functional groups attached to an aromatic ring is 1. The van der Waals surface area contributed by atoms with E-state index >= 15 is 4.39 Å². The first-order valence-electron chi connectivity index (χ1n) is 9.72. The van der Waals surface area contributed by atoms with Crippen LogP contribution in [-0.4, -0.2) is 33.0 Å². The fourth-order valence-electron chi connectivity index (χ4n) is 3.30. The zero-order chi connectivity index (χ0) is 24.6. The van der Waals surface area contributed by atoms with Crippen LogP contribution in [0, 0.1) is 17.5 Å². The van der Waals surface area contributed by atoms with Gasteiger partial charge in [-0.3, -0.25) is 4.79 Å². The highest BCUT2D eigenvalue weighted by molar-refractivity contribution is 5.96. The van der Waals surface area contributed by atoms with Gasteiger partial charge in [-0.15, -0.1) is 5.10 Å². The smallest absolute Gasteiger partial charge is 0.299 e. The first kappa shape index (κ1) is 23.1. The summed E-state index contributed by atoms with van der Waals surface area (Å²) in [5, 5.41) is 5.53. The number of anilines is 1. The van der Waals surface area contributed by atoms with Gasteiger partial charge in [0.05, 0.1) is 6.54 Å². The van der Waals surface area contributed by atoms with Gasteiger partial charge in [-0.2, -0.15) is 4.98 Å². The van der Waals surface area contributed by atoms with Crippen LogP contribution in [-0.2, 0) is 0 Å². The average molecular weight is 479 g/mol. The number of nitrogens with zero attached hydrogens (tertiary/aromatic N) is 3. The Labute approximate surface area is 188 Å². The lowest BCUT2D eigenvalue weighted by Gasteiger charge is -2.21. The Bertz CT molecular complexity index is 1370. The van der Waals surface area contributed by atoms with E-state index in [1.54, 1.807) is 5.32 Å². The number of hydrogen-bond acceptors (Lipinski definition) is 4. The minimum Gasteiger partial charge on any atom is -0.366 e. The van der Waals surface area contributed by atoms with Crippen molar-refractivity contribution >= 4 is 17.5 Å². The number of nitrogens with one attached hydrogen (secondary N) is 1. The summed E-state index contributed by atoms with van der Waals surface area (Å²) in [5.74, 6) is -9.04. The van der Waals surface area contributed by atoms with Crippen LogP contribution in [0.3, 0.4) is 0 Å². The van der Waals surface area contributed by atoms with E-state index in [4.69, 9.17) is 5.73 Å². The van der Waals surface area contributed by atoms with E-state index in [0.717, 1.165) is 36.4 Å². The highest BCUT2D eigenvalue weighted by atomic mass is 19.3. The summed E-state index contributed by atoms with van der Waals surface area (Å²) in [6.45, 7) is -1.56. The summed E-state index contributed by atoms with van der Waals surface area (Å²) < 4.78 is 86.5. The number of fused-ring (bicyclic) bond motifs is 1. The first-order chi connectivity index (χ1) is 16.1. The summed E-state index contributed by atoms with van der Waals surface area (Å²) >= 11 is 0. The molecule has 12 heteroatoms. The van der Waals surface area contributed by atoms with Crippen LogP contribution in [0.2, 0.25) is 0 Å². The van der Waals surface area contributed by atoms with Gasteiger partial charge in [-0.05, 0) is 47.5 Å². The number of amides is 1. The number of rotatable bonds is 6. The number of halogens is 6. The average Bonchev–Trinajstić information content (AvgIpc) is 3.17. The maximum Gasteiger partial charge on any atom is 0.299 e.